The van der Waals surface area contributed by atoms with Crippen LogP contribution in [-0.4, -0.2) is 34.2 Å². The molecule has 1 aromatic rings. The van der Waals surface area contributed by atoms with Gasteiger partial charge >= 0.3 is 0 Å². The lowest BCUT2D eigenvalue weighted by molar-refractivity contribution is 0.0980. The largest absolute Gasteiger partial charge is 0.381 e. The molecule has 0 aliphatic carbocycles. The van der Waals surface area contributed by atoms with E-state index in [4.69, 9.17) is 27.9 Å². The third-order valence-electron chi connectivity index (χ3n) is 3.06. The van der Waals surface area contributed by atoms with Gasteiger partial charge in [-0.1, -0.05) is 23.2 Å². The van der Waals surface area contributed by atoms with Gasteiger partial charge < -0.3 is 4.74 Å². The molecule has 1 aliphatic heterocycles. The zero-order valence-electron chi connectivity index (χ0n) is 10.2. The maximum absolute atomic E-state index is 12.1. The number of rotatable bonds is 4. The number of carbonyl (C=O) groups is 1. The third-order valence-corrected chi connectivity index (χ3v) is 5.56. The summed E-state index contributed by atoms with van der Waals surface area (Å²) < 4.78 is 17.3. The van der Waals surface area contributed by atoms with E-state index in [1.807, 2.05) is 0 Å². The highest BCUT2D eigenvalue weighted by atomic mass is 35.5. The summed E-state index contributed by atoms with van der Waals surface area (Å²) in [7, 11) is -1.15. The number of hydrogen-bond donors (Lipinski definition) is 0. The van der Waals surface area contributed by atoms with Gasteiger partial charge in [-0.15, -0.1) is 0 Å². The fourth-order valence-electron chi connectivity index (χ4n) is 1.94. The van der Waals surface area contributed by atoms with Crippen LogP contribution in [0.5, 0.6) is 0 Å². The molecule has 0 aromatic heterocycles. The van der Waals surface area contributed by atoms with Gasteiger partial charge in [-0.3, -0.25) is 9.00 Å². The first kappa shape index (κ1) is 15.0. The molecule has 1 saturated heterocycles. The van der Waals surface area contributed by atoms with Crippen LogP contribution in [0.3, 0.4) is 0 Å². The van der Waals surface area contributed by atoms with Gasteiger partial charge in [0, 0.05) is 34.8 Å². The van der Waals surface area contributed by atoms with Gasteiger partial charge in [0.05, 0.1) is 15.8 Å². The summed E-state index contributed by atoms with van der Waals surface area (Å²) in [4.78, 5) is 12.0. The molecule has 1 heterocycles. The lowest BCUT2D eigenvalue weighted by atomic mass is 10.1. The quantitative estimate of drug-likeness (QED) is 0.801. The van der Waals surface area contributed by atoms with E-state index in [1.165, 1.54) is 6.07 Å². The van der Waals surface area contributed by atoms with Crippen molar-refractivity contribution >= 4 is 39.8 Å². The van der Waals surface area contributed by atoms with E-state index in [2.05, 4.69) is 0 Å². The summed E-state index contributed by atoms with van der Waals surface area (Å²) in [5, 5.41) is 0.800. The minimum Gasteiger partial charge on any atom is -0.381 e. The Hall–Kier alpha value is -0.420. The molecule has 0 amide bonds. The van der Waals surface area contributed by atoms with Gasteiger partial charge in [0.1, 0.15) is 0 Å². The van der Waals surface area contributed by atoms with E-state index in [0.29, 0.717) is 28.8 Å². The van der Waals surface area contributed by atoms with Crippen molar-refractivity contribution in [1.82, 2.24) is 0 Å². The molecule has 2 rings (SSSR count). The number of ether oxygens (including phenoxy) is 1. The van der Waals surface area contributed by atoms with Gasteiger partial charge in [0.25, 0.3) is 0 Å². The Labute approximate surface area is 124 Å². The fourth-order valence-corrected chi connectivity index (χ4v) is 3.62. The van der Waals surface area contributed by atoms with Crippen molar-refractivity contribution in [3.63, 3.8) is 0 Å². The molecule has 1 atom stereocenters. The topological polar surface area (TPSA) is 43.4 Å². The number of benzene rings is 1. The molecule has 104 valence electrons. The summed E-state index contributed by atoms with van der Waals surface area (Å²) in [6, 6.07) is 4.71. The van der Waals surface area contributed by atoms with Crippen LogP contribution >= 0.6 is 23.2 Å². The van der Waals surface area contributed by atoms with Crippen molar-refractivity contribution in [3.05, 3.63) is 33.8 Å². The average molecular weight is 321 g/mol. The van der Waals surface area contributed by atoms with Crippen molar-refractivity contribution in [2.75, 3.05) is 19.0 Å². The van der Waals surface area contributed by atoms with E-state index in [0.717, 1.165) is 12.8 Å². The molecular weight excluding hydrogens is 307 g/mol. The lowest BCUT2D eigenvalue weighted by Gasteiger charge is -2.21. The smallest absolute Gasteiger partial charge is 0.175 e. The molecule has 1 unspecified atom stereocenters. The van der Waals surface area contributed by atoms with Crippen LogP contribution in [0, 0.1) is 0 Å². The molecule has 0 saturated carbocycles. The summed E-state index contributed by atoms with van der Waals surface area (Å²) in [6.45, 7) is 1.24. The minimum atomic E-state index is -1.15. The Morgan fingerprint density at radius 2 is 1.95 bits per heavy atom. The molecule has 0 spiro atoms. The van der Waals surface area contributed by atoms with Crippen LogP contribution in [0.25, 0.3) is 0 Å². The van der Waals surface area contributed by atoms with Crippen LogP contribution in [0.15, 0.2) is 18.2 Å². The van der Waals surface area contributed by atoms with Gasteiger partial charge in [-0.25, -0.2) is 0 Å². The normalized spacial score (nSPS) is 18.2. The Morgan fingerprint density at radius 3 is 2.58 bits per heavy atom. The van der Waals surface area contributed by atoms with Crippen LogP contribution < -0.4 is 0 Å². The first-order valence-corrected chi connectivity index (χ1v) is 8.15. The van der Waals surface area contributed by atoms with E-state index < -0.39 is 10.8 Å². The van der Waals surface area contributed by atoms with Crippen molar-refractivity contribution in [2.45, 2.75) is 18.1 Å². The highest BCUT2D eigenvalue weighted by molar-refractivity contribution is 7.86. The molecule has 6 heteroatoms. The molecule has 3 nitrogen and oxygen atoms in total. The van der Waals surface area contributed by atoms with Crippen molar-refractivity contribution in [3.8, 4) is 0 Å². The number of ketones is 1. The number of carbonyl (C=O) groups excluding carboxylic acids is 1. The minimum absolute atomic E-state index is 0.0304. The second-order valence-electron chi connectivity index (χ2n) is 4.39. The van der Waals surface area contributed by atoms with Crippen LogP contribution in [0.1, 0.15) is 23.2 Å². The van der Waals surface area contributed by atoms with Crippen molar-refractivity contribution in [2.24, 2.45) is 0 Å². The molecule has 0 radical (unpaired) electrons. The van der Waals surface area contributed by atoms with Gasteiger partial charge in [-0.2, -0.15) is 0 Å². The molecule has 19 heavy (non-hydrogen) atoms. The molecule has 0 N–H and O–H groups in total. The third kappa shape index (κ3) is 4.02. The van der Waals surface area contributed by atoms with Gasteiger partial charge in [-0.05, 0) is 31.0 Å². The fraction of sp³-hybridized carbons (Fsp3) is 0.462. The number of halogens is 2. The van der Waals surface area contributed by atoms with Crippen LogP contribution in [-0.2, 0) is 15.5 Å². The first-order chi connectivity index (χ1) is 9.08. The van der Waals surface area contributed by atoms with E-state index in [-0.39, 0.29) is 16.8 Å². The summed E-state index contributed by atoms with van der Waals surface area (Å²) in [6.07, 6.45) is 1.50. The number of hydrogen-bond acceptors (Lipinski definition) is 3. The zero-order chi connectivity index (χ0) is 13.8. The van der Waals surface area contributed by atoms with Crippen molar-refractivity contribution < 1.29 is 13.7 Å². The number of Topliss-reactive ketones (excluding diaryl/α,β-unsaturated/α-hetero) is 1. The summed E-state index contributed by atoms with van der Waals surface area (Å²) in [5.74, 6) is -0.133. The van der Waals surface area contributed by atoms with Crippen LogP contribution in [0.2, 0.25) is 10.0 Å². The predicted octanol–water partition coefficient (Wildman–Crippen LogP) is 3.10. The molecule has 1 aliphatic rings. The lowest BCUT2D eigenvalue weighted by Crippen LogP contribution is -2.28. The van der Waals surface area contributed by atoms with E-state index in [1.54, 1.807) is 12.1 Å². The summed E-state index contributed by atoms with van der Waals surface area (Å²) >= 11 is 11.7. The predicted molar refractivity (Wildman–Crippen MR) is 77.6 cm³/mol. The second-order valence-corrected chi connectivity index (χ2v) is 6.92. The van der Waals surface area contributed by atoms with Gasteiger partial charge in [0.2, 0.25) is 0 Å². The molecule has 1 aromatic carbocycles. The SMILES string of the molecule is O=C(CS(=O)C1CCOCC1)c1ccc(Cl)c(Cl)c1. The van der Waals surface area contributed by atoms with Crippen molar-refractivity contribution in [1.29, 1.82) is 0 Å². The Balaban J connectivity index is 1.99. The maximum atomic E-state index is 12.1. The Bertz CT molecular complexity index is 499. The average Bonchev–Trinajstić information content (AvgIpc) is 2.42. The monoisotopic (exact) mass is 320 g/mol. The summed E-state index contributed by atoms with van der Waals surface area (Å²) in [5.41, 5.74) is 0.454. The second kappa shape index (κ2) is 6.84. The first-order valence-electron chi connectivity index (χ1n) is 6.01. The standard InChI is InChI=1S/C13H14Cl2O3S/c14-11-2-1-9(7-12(11)15)13(16)8-19(17)10-3-5-18-6-4-10/h1-2,7,10H,3-6,8H2. The maximum Gasteiger partial charge on any atom is 0.175 e. The molecule has 1 fully saturated rings. The Morgan fingerprint density at radius 1 is 1.26 bits per heavy atom. The zero-order valence-corrected chi connectivity index (χ0v) is 12.6. The van der Waals surface area contributed by atoms with Crippen LogP contribution in [0.4, 0.5) is 0 Å². The Kier molecular flexibility index (Phi) is 5.39. The molecular formula is C13H14Cl2O3S. The van der Waals surface area contributed by atoms with Gasteiger partial charge in [0.15, 0.2) is 5.78 Å². The highest BCUT2D eigenvalue weighted by Gasteiger charge is 2.22. The van der Waals surface area contributed by atoms with E-state index in [9.17, 15) is 9.00 Å². The highest BCUT2D eigenvalue weighted by Crippen LogP contribution is 2.23. The molecule has 0 bridgehead atoms. The van der Waals surface area contributed by atoms with E-state index >= 15 is 0 Å².